The molecule has 0 heterocycles. The molecule has 0 fully saturated rings. The minimum absolute atomic E-state index is 0.0750. The summed E-state index contributed by atoms with van der Waals surface area (Å²) in [6, 6.07) is 5.18. The van der Waals surface area contributed by atoms with Crippen molar-refractivity contribution in [2.24, 2.45) is 0 Å². The van der Waals surface area contributed by atoms with Gasteiger partial charge >= 0.3 is 0 Å². The van der Waals surface area contributed by atoms with Crippen LogP contribution < -0.4 is 9.47 Å². The zero-order valence-corrected chi connectivity index (χ0v) is 10.6. The maximum absolute atomic E-state index is 11.8. The van der Waals surface area contributed by atoms with Crippen molar-refractivity contribution in [1.82, 2.24) is 0 Å². The minimum atomic E-state index is -0.0750. The minimum Gasteiger partial charge on any atom is -0.490 e. The Hall–Kier alpha value is -1.77. The van der Waals surface area contributed by atoms with Crippen molar-refractivity contribution in [3.8, 4) is 11.5 Å². The third-order valence-electron chi connectivity index (χ3n) is 2.19. The van der Waals surface area contributed by atoms with Crippen molar-refractivity contribution >= 4 is 5.78 Å². The van der Waals surface area contributed by atoms with Gasteiger partial charge in [-0.15, -0.1) is 0 Å². The summed E-state index contributed by atoms with van der Waals surface area (Å²) in [6.07, 6.45) is 0. The Morgan fingerprint density at radius 3 is 2.29 bits per heavy atom. The van der Waals surface area contributed by atoms with Gasteiger partial charge in [-0.3, -0.25) is 4.79 Å². The Bertz CT molecular complexity index is 421. The molecule has 3 nitrogen and oxygen atoms in total. The summed E-state index contributed by atoms with van der Waals surface area (Å²) in [5.74, 6) is 1.18. The molecule has 0 aliphatic rings. The van der Waals surface area contributed by atoms with E-state index in [-0.39, 0.29) is 5.78 Å². The molecule has 0 unspecified atom stereocenters. The first-order valence-corrected chi connectivity index (χ1v) is 5.70. The molecule has 17 heavy (non-hydrogen) atoms. The number of benzene rings is 1. The normalized spacial score (nSPS) is 9.82. The van der Waals surface area contributed by atoms with E-state index in [1.807, 2.05) is 13.8 Å². The zero-order valence-electron chi connectivity index (χ0n) is 10.6. The molecule has 0 bridgehead atoms. The quantitative estimate of drug-likeness (QED) is 0.560. The first-order chi connectivity index (χ1) is 8.10. The molecule has 3 heteroatoms. The van der Waals surface area contributed by atoms with Gasteiger partial charge in [-0.1, -0.05) is 6.58 Å². The second-order valence-electron chi connectivity index (χ2n) is 3.64. The van der Waals surface area contributed by atoms with Crippen LogP contribution in [0.15, 0.2) is 30.4 Å². The third-order valence-corrected chi connectivity index (χ3v) is 2.19. The van der Waals surface area contributed by atoms with Gasteiger partial charge in [0.1, 0.15) is 0 Å². The third kappa shape index (κ3) is 3.34. The van der Waals surface area contributed by atoms with Crippen molar-refractivity contribution in [3.63, 3.8) is 0 Å². The van der Waals surface area contributed by atoms with E-state index in [0.717, 1.165) is 0 Å². The van der Waals surface area contributed by atoms with Crippen LogP contribution >= 0.6 is 0 Å². The van der Waals surface area contributed by atoms with Crippen molar-refractivity contribution in [2.75, 3.05) is 13.2 Å². The Kier molecular flexibility index (Phi) is 4.76. The smallest absolute Gasteiger partial charge is 0.188 e. The molecule has 0 amide bonds. The molecule has 1 aromatic carbocycles. The number of carbonyl (C=O) groups is 1. The lowest BCUT2D eigenvalue weighted by Crippen LogP contribution is -2.03. The SMILES string of the molecule is C=C(C)C(=O)c1ccc(OCC)c(OCC)c1. The maximum atomic E-state index is 11.8. The van der Waals surface area contributed by atoms with Gasteiger partial charge in [0.05, 0.1) is 13.2 Å². The number of hydrogen-bond acceptors (Lipinski definition) is 3. The first kappa shape index (κ1) is 13.3. The fourth-order valence-corrected chi connectivity index (χ4v) is 1.44. The molecule has 0 radical (unpaired) electrons. The number of rotatable bonds is 6. The van der Waals surface area contributed by atoms with Gasteiger partial charge in [0.2, 0.25) is 0 Å². The van der Waals surface area contributed by atoms with E-state index in [1.54, 1.807) is 25.1 Å². The first-order valence-electron chi connectivity index (χ1n) is 5.70. The number of Topliss-reactive ketones (excluding diaryl/α,β-unsaturated/α-hetero) is 1. The van der Waals surface area contributed by atoms with Crippen LogP contribution in [0, 0.1) is 0 Å². The molecule has 0 aliphatic heterocycles. The predicted molar refractivity (Wildman–Crippen MR) is 67.9 cm³/mol. The summed E-state index contributed by atoms with van der Waals surface area (Å²) in [5, 5.41) is 0. The van der Waals surface area contributed by atoms with Crippen LogP contribution in [0.3, 0.4) is 0 Å². The number of hydrogen-bond donors (Lipinski definition) is 0. The molecule has 92 valence electrons. The van der Waals surface area contributed by atoms with E-state index >= 15 is 0 Å². The molecular weight excluding hydrogens is 216 g/mol. The van der Waals surface area contributed by atoms with Gasteiger partial charge < -0.3 is 9.47 Å². The molecular formula is C14H18O3. The molecule has 1 rings (SSSR count). The summed E-state index contributed by atoms with van der Waals surface area (Å²) in [6.45, 7) is 10.2. The van der Waals surface area contributed by atoms with Gasteiger partial charge in [-0.05, 0) is 44.5 Å². The van der Waals surface area contributed by atoms with E-state index < -0.39 is 0 Å². The molecule has 0 aromatic heterocycles. The Morgan fingerprint density at radius 2 is 1.76 bits per heavy atom. The maximum Gasteiger partial charge on any atom is 0.188 e. The second-order valence-corrected chi connectivity index (χ2v) is 3.64. The van der Waals surface area contributed by atoms with Gasteiger partial charge in [0.15, 0.2) is 17.3 Å². The topological polar surface area (TPSA) is 35.5 Å². The van der Waals surface area contributed by atoms with Gasteiger partial charge in [0, 0.05) is 5.56 Å². The molecule has 0 N–H and O–H groups in total. The number of ether oxygens (including phenoxy) is 2. The Balaban J connectivity index is 3.08. The van der Waals surface area contributed by atoms with Gasteiger partial charge in [-0.2, -0.15) is 0 Å². The van der Waals surface area contributed by atoms with Crippen LogP contribution in [-0.2, 0) is 0 Å². The Labute approximate surface area is 102 Å². The summed E-state index contributed by atoms with van der Waals surface area (Å²) in [5.41, 5.74) is 1.08. The highest BCUT2D eigenvalue weighted by molar-refractivity contribution is 6.08. The van der Waals surface area contributed by atoms with Crippen molar-refractivity contribution in [1.29, 1.82) is 0 Å². The predicted octanol–water partition coefficient (Wildman–Crippen LogP) is 3.24. The van der Waals surface area contributed by atoms with E-state index in [2.05, 4.69) is 6.58 Å². The molecule has 0 saturated carbocycles. The highest BCUT2D eigenvalue weighted by Gasteiger charge is 2.11. The van der Waals surface area contributed by atoms with Crippen molar-refractivity contribution in [3.05, 3.63) is 35.9 Å². The monoisotopic (exact) mass is 234 g/mol. The summed E-state index contributed by atoms with van der Waals surface area (Å²) >= 11 is 0. The number of carbonyl (C=O) groups excluding carboxylic acids is 1. The van der Waals surface area contributed by atoms with E-state index in [9.17, 15) is 4.79 Å². The van der Waals surface area contributed by atoms with Crippen LogP contribution in [0.2, 0.25) is 0 Å². The average Bonchev–Trinajstić information content (AvgIpc) is 2.31. The zero-order chi connectivity index (χ0) is 12.8. The van der Waals surface area contributed by atoms with Crippen molar-refractivity contribution < 1.29 is 14.3 Å². The standard InChI is InChI=1S/C14H18O3/c1-5-16-12-8-7-11(14(15)10(3)4)9-13(12)17-6-2/h7-9H,3,5-6H2,1-2,4H3. The van der Waals surface area contributed by atoms with Gasteiger partial charge in [-0.25, -0.2) is 0 Å². The lowest BCUT2D eigenvalue weighted by Gasteiger charge is -2.11. The highest BCUT2D eigenvalue weighted by Crippen LogP contribution is 2.29. The van der Waals surface area contributed by atoms with Crippen LogP contribution in [0.1, 0.15) is 31.1 Å². The van der Waals surface area contributed by atoms with Crippen LogP contribution in [0.4, 0.5) is 0 Å². The highest BCUT2D eigenvalue weighted by atomic mass is 16.5. The number of ketones is 1. The van der Waals surface area contributed by atoms with Crippen LogP contribution in [-0.4, -0.2) is 19.0 Å². The van der Waals surface area contributed by atoms with Crippen LogP contribution in [0.25, 0.3) is 0 Å². The Morgan fingerprint density at radius 1 is 1.18 bits per heavy atom. The molecule has 0 spiro atoms. The fourth-order valence-electron chi connectivity index (χ4n) is 1.44. The van der Waals surface area contributed by atoms with E-state index in [0.29, 0.717) is 35.8 Å². The number of allylic oxidation sites excluding steroid dienone is 1. The lowest BCUT2D eigenvalue weighted by atomic mass is 10.1. The average molecular weight is 234 g/mol. The van der Waals surface area contributed by atoms with E-state index in [1.165, 1.54) is 0 Å². The summed E-state index contributed by atoms with van der Waals surface area (Å²) in [7, 11) is 0. The second kappa shape index (κ2) is 6.09. The van der Waals surface area contributed by atoms with Crippen molar-refractivity contribution in [2.45, 2.75) is 20.8 Å². The molecule has 0 aliphatic carbocycles. The summed E-state index contributed by atoms with van der Waals surface area (Å²) in [4.78, 5) is 11.8. The molecule has 0 saturated heterocycles. The van der Waals surface area contributed by atoms with Gasteiger partial charge in [0.25, 0.3) is 0 Å². The summed E-state index contributed by atoms with van der Waals surface area (Å²) < 4.78 is 10.9. The largest absolute Gasteiger partial charge is 0.490 e. The lowest BCUT2D eigenvalue weighted by molar-refractivity contribution is 0.103. The van der Waals surface area contributed by atoms with E-state index in [4.69, 9.17) is 9.47 Å². The molecule has 1 aromatic rings. The fraction of sp³-hybridized carbons (Fsp3) is 0.357. The molecule has 0 atom stereocenters. The van der Waals surface area contributed by atoms with Crippen LogP contribution in [0.5, 0.6) is 11.5 Å².